The van der Waals surface area contributed by atoms with Gasteiger partial charge in [-0.2, -0.15) is 5.26 Å². The molecule has 1 aromatic carbocycles. The standard InChI is InChI=1S/C16H23NO3Si/c1-2-3-10-16(20-21,11-7-12-17)15(18)19-13-14-8-5-4-6-9-14/h4-6,8-9H,2-3,7,10-11,13H2,1,21H3. The van der Waals surface area contributed by atoms with Gasteiger partial charge in [0.05, 0.1) is 6.07 Å². The van der Waals surface area contributed by atoms with E-state index in [1.54, 1.807) is 0 Å². The second-order valence-electron chi connectivity index (χ2n) is 5.02. The number of hydrogen-bond donors (Lipinski definition) is 0. The molecule has 0 aliphatic carbocycles. The summed E-state index contributed by atoms with van der Waals surface area (Å²) in [6.07, 6.45) is 3.18. The van der Waals surface area contributed by atoms with Gasteiger partial charge in [0, 0.05) is 6.42 Å². The highest BCUT2D eigenvalue weighted by Crippen LogP contribution is 2.26. The van der Waals surface area contributed by atoms with E-state index in [2.05, 4.69) is 13.0 Å². The number of esters is 1. The van der Waals surface area contributed by atoms with Crippen LogP contribution in [0.4, 0.5) is 0 Å². The number of rotatable bonds is 9. The van der Waals surface area contributed by atoms with Crippen LogP contribution in [0.1, 0.15) is 44.6 Å². The van der Waals surface area contributed by atoms with Crippen LogP contribution in [-0.4, -0.2) is 22.1 Å². The van der Waals surface area contributed by atoms with Gasteiger partial charge in [0.25, 0.3) is 0 Å². The van der Waals surface area contributed by atoms with Crippen molar-refractivity contribution in [2.24, 2.45) is 0 Å². The van der Waals surface area contributed by atoms with Gasteiger partial charge in [-0.25, -0.2) is 4.79 Å². The molecule has 5 heteroatoms. The summed E-state index contributed by atoms with van der Waals surface area (Å²) in [4.78, 5) is 12.4. The molecule has 0 saturated carbocycles. The first-order valence-electron chi connectivity index (χ1n) is 7.31. The molecule has 0 fully saturated rings. The van der Waals surface area contributed by atoms with E-state index in [9.17, 15) is 4.79 Å². The molecule has 114 valence electrons. The Balaban J connectivity index is 2.71. The van der Waals surface area contributed by atoms with E-state index in [4.69, 9.17) is 14.4 Å². The minimum Gasteiger partial charge on any atom is -0.459 e. The van der Waals surface area contributed by atoms with Crippen molar-refractivity contribution >= 4 is 16.5 Å². The Labute approximate surface area is 129 Å². The van der Waals surface area contributed by atoms with Gasteiger partial charge in [-0.15, -0.1) is 0 Å². The zero-order chi connectivity index (χ0) is 15.6. The van der Waals surface area contributed by atoms with Crippen molar-refractivity contribution in [3.05, 3.63) is 35.9 Å². The molecule has 4 nitrogen and oxygen atoms in total. The summed E-state index contributed by atoms with van der Waals surface area (Å²) in [6, 6.07) is 11.7. The van der Waals surface area contributed by atoms with Crippen molar-refractivity contribution in [2.75, 3.05) is 0 Å². The van der Waals surface area contributed by atoms with E-state index in [1.165, 1.54) is 0 Å². The molecule has 0 N–H and O–H groups in total. The molecule has 0 radical (unpaired) electrons. The van der Waals surface area contributed by atoms with Gasteiger partial charge in [0.1, 0.15) is 17.1 Å². The molecule has 1 unspecified atom stereocenters. The second-order valence-corrected chi connectivity index (χ2v) is 5.43. The molecule has 1 rings (SSSR count). The number of carbonyl (C=O) groups excluding carboxylic acids is 1. The smallest absolute Gasteiger partial charge is 0.337 e. The fraction of sp³-hybridized carbons (Fsp3) is 0.500. The van der Waals surface area contributed by atoms with Crippen LogP contribution in [0.15, 0.2) is 30.3 Å². The molecule has 1 atom stereocenters. The molecule has 0 bridgehead atoms. The predicted molar refractivity (Wildman–Crippen MR) is 84.4 cm³/mol. The molecular formula is C16H23NO3Si. The molecule has 0 amide bonds. The maximum atomic E-state index is 12.4. The Bertz CT molecular complexity index is 472. The maximum Gasteiger partial charge on any atom is 0.337 e. The lowest BCUT2D eigenvalue weighted by Gasteiger charge is -2.30. The summed E-state index contributed by atoms with van der Waals surface area (Å²) in [5, 5.41) is 8.79. The van der Waals surface area contributed by atoms with Crippen molar-refractivity contribution < 1.29 is 14.0 Å². The number of nitrogens with zero attached hydrogens (tertiary/aromatic N) is 1. The Morgan fingerprint density at radius 3 is 2.62 bits per heavy atom. The SMILES string of the molecule is CCCCC(CCC#N)(O[SiH3])C(=O)OCc1ccccc1. The number of hydrogen-bond acceptors (Lipinski definition) is 4. The number of ether oxygens (including phenoxy) is 1. The first-order chi connectivity index (χ1) is 10.2. The quantitative estimate of drug-likeness (QED) is 0.519. The van der Waals surface area contributed by atoms with Crippen LogP contribution in [0.25, 0.3) is 0 Å². The van der Waals surface area contributed by atoms with E-state index in [-0.39, 0.29) is 12.6 Å². The molecule has 0 saturated heterocycles. The van der Waals surface area contributed by atoms with E-state index in [0.717, 1.165) is 18.4 Å². The normalized spacial score (nSPS) is 13.3. The van der Waals surface area contributed by atoms with Crippen LogP contribution in [0, 0.1) is 11.3 Å². The van der Waals surface area contributed by atoms with Crippen LogP contribution < -0.4 is 0 Å². The van der Waals surface area contributed by atoms with Gasteiger partial charge >= 0.3 is 5.97 Å². The van der Waals surface area contributed by atoms with Gasteiger partial charge in [-0.1, -0.05) is 50.1 Å². The minimum absolute atomic E-state index is 0.241. The Kier molecular flexibility index (Phi) is 7.73. The largest absolute Gasteiger partial charge is 0.459 e. The van der Waals surface area contributed by atoms with Crippen molar-refractivity contribution in [2.45, 2.75) is 51.2 Å². The van der Waals surface area contributed by atoms with Crippen LogP contribution >= 0.6 is 0 Å². The van der Waals surface area contributed by atoms with Crippen molar-refractivity contribution in [1.82, 2.24) is 0 Å². The third-order valence-electron chi connectivity index (χ3n) is 3.55. The van der Waals surface area contributed by atoms with Gasteiger partial charge < -0.3 is 9.16 Å². The Morgan fingerprint density at radius 1 is 1.33 bits per heavy atom. The molecule has 0 spiro atoms. The van der Waals surface area contributed by atoms with E-state index in [1.807, 2.05) is 30.3 Å². The Hall–Kier alpha value is -1.64. The molecule has 0 aromatic heterocycles. The Morgan fingerprint density at radius 2 is 2.05 bits per heavy atom. The van der Waals surface area contributed by atoms with Gasteiger partial charge in [-0.3, -0.25) is 0 Å². The molecule has 0 aliphatic rings. The fourth-order valence-corrected chi connectivity index (χ4v) is 2.77. The van der Waals surface area contributed by atoms with E-state index >= 15 is 0 Å². The van der Waals surface area contributed by atoms with Crippen molar-refractivity contribution in [1.29, 1.82) is 5.26 Å². The summed E-state index contributed by atoms with van der Waals surface area (Å²) in [7, 11) is 0.445. The van der Waals surface area contributed by atoms with Crippen molar-refractivity contribution in [3.63, 3.8) is 0 Å². The van der Waals surface area contributed by atoms with Crippen LogP contribution in [-0.2, 0) is 20.6 Å². The molecule has 0 heterocycles. The lowest BCUT2D eigenvalue weighted by molar-refractivity contribution is -0.165. The topological polar surface area (TPSA) is 59.3 Å². The number of carbonyl (C=O) groups is 1. The molecule has 21 heavy (non-hydrogen) atoms. The summed E-state index contributed by atoms with van der Waals surface area (Å²) >= 11 is 0. The molecular weight excluding hydrogens is 282 g/mol. The number of benzene rings is 1. The van der Waals surface area contributed by atoms with Gasteiger partial charge in [-0.05, 0) is 18.4 Å². The zero-order valence-electron chi connectivity index (χ0n) is 12.8. The predicted octanol–water partition coefficient (Wildman–Crippen LogP) is 2.26. The number of nitriles is 1. The average Bonchev–Trinajstić information content (AvgIpc) is 2.54. The first-order valence-corrected chi connectivity index (χ1v) is 8.13. The highest BCUT2D eigenvalue weighted by Gasteiger charge is 2.38. The first kappa shape index (κ1) is 17.4. The second kappa shape index (κ2) is 9.32. The lowest BCUT2D eigenvalue weighted by Crippen LogP contribution is -2.42. The summed E-state index contributed by atoms with van der Waals surface area (Å²) in [5.74, 6) is -0.343. The fourth-order valence-electron chi connectivity index (χ4n) is 2.19. The van der Waals surface area contributed by atoms with Gasteiger partial charge in [0.15, 0.2) is 5.60 Å². The van der Waals surface area contributed by atoms with Crippen LogP contribution in [0.3, 0.4) is 0 Å². The third-order valence-corrected chi connectivity index (χ3v) is 4.33. The van der Waals surface area contributed by atoms with Gasteiger partial charge in [0.2, 0.25) is 0 Å². The number of unbranched alkanes of at least 4 members (excludes halogenated alkanes) is 1. The minimum atomic E-state index is -0.938. The summed E-state index contributed by atoms with van der Waals surface area (Å²) in [5.41, 5.74) is 0.0103. The highest BCUT2D eigenvalue weighted by molar-refractivity contribution is 6.00. The van der Waals surface area contributed by atoms with E-state index in [0.29, 0.717) is 29.7 Å². The summed E-state index contributed by atoms with van der Waals surface area (Å²) < 4.78 is 11.0. The summed E-state index contributed by atoms with van der Waals surface area (Å²) in [6.45, 7) is 2.31. The molecule has 1 aromatic rings. The zero-order valence-corrected chi connectivity index (χ0v) is 14.8. The highest BCUT2D eigenvalue weighted by atomic mass is 28.2. The van der Waals surface area contributed by atoms with Crippen LogP contribution in [0.5, 0.6) is 0 Å². The average molecular weight is 305 g/mol. The van der Waals surface area contributed by atoms with E-state index < -0.39 is 5.60 Å². The molecule has 0 aliphatic heterocycles. The van der Waals surface area contributed by atoms with Crippen LogP contribution in [0.2, 0.25) is 0 Å². The van der Waals surface area contributed by atoms with Crippen molar-refractivity contribution in [3.8, 4) is 6.07 Å². The maximum absolute atomic E-state index is 12.4. The lowest BCUT2D eigenvalue weighted by atomic mass is 9.92. The third kappa shape index (κ3) is 5.33. The monoisotopic (exact) mass is 305 g/mol.